The highest BCUT2D eigenvalue weighted by Crippen LogP contribution is 2.60. The summed E-state index contributed by atoms with van der Waals surface area (Å²) in [5, 5.41) is 2.63. The van der Waals surface area contributed by atoms with E-state index in [1.54, 1.807) is 7.05 Å². The van der Waals surface area contributed by atoms with Gasteiger partial charge in [0.25, 0.3) is 0 Å². The molecule has 3 nitrogen and oxygen atoms in total. The van der Waals surface area contributed by atoms with Gasteiger partial charge in [0.05, 0.1) is 0 Å². The molecule has 2 atom stereocenters. The molecule has 2 aliphatic rings. The molecule has 0 radical (unpaired) electrons. The minimum atomic E-state index is -0.678. The molecule has 0 heterocycles. The molecule has 0 unspecified atom stereocenters. The zero-order valence-corrected chi connectivity index (χ0v) is 9.02. The van der Waals surface area contributed by atoms with Crippen molar-refractivity contribution in [1.29, 1.82) is 0 Å². The van der Waals surface area contributed by atoms with Gasteiger partial charge >= 0.3 is 0 Å². The maximum Gasteiger partial charge on any atom is 0.233 e. The minimum Gasteiger partial charge on any atom is -0.358 e. The summed E-state index contributed by atoms with van der Waals surface area (Å²) in [7, 11) is 1.61. The molecule has 0 spiro atoms. The third-order valence-corrected chi connectivity index (χ3v) is 4.22. The van der Waals surface area contributed by atoms with E-state index in [0.29, 0.717) is 5.92 Å². The fourth-order valence-corrected chi connectivity index (χ4v) is 3.22. The quantitative estimate of drug-likeness (QED) is 0.637. The van der Waals surface area contributed by atoms with Crippen molar-refractivity contribution in [3.8, 4) is 0 Å². The van der Waals surface area contributed by atoms with Crippen LogP contribution in [0.3, 0.4) is 0 Å². The summed E-state index contributed by atoms with van der Waals surface area (Å²) in [6.45, 7) is 3.95. The zero-order valence-electron chi connectivity index (χ0n) is 9.02. The van der Waals surface area contributed by atoms with Gasteiger partial charge in [0, 0.05) is 12.5 Å². The van der Waals surface area contributed by atoms with Crippen molar-refractivity contribution in [2.24, 2.45) is 16.7 Å². The number of hydrogen-bond acceptors (Lipinski definition) is 2. The molecule has 78 valence electrons. The fraction of sp³-hybridized carbons (Fsp3) is 0.818. The maximum atomic E-state index is 12.1. The average Bonchev–Trinajstić information content (AvgIpc) is 2.66. The van der Waals surface area contributed by atoms with Gasteiger partial charge in [0.1, 0.15) is 5.41 Å². The molecule has 0 aliphatic heterocycles. The van der Waals surface area contributed by atoms with Crippen molar-refractivity contribution in [2.45, 2.75) is 33.1 Å². The summed E-state index contributed by atoms with van der Waals surface area (Å²) in [4.78, 5) is 23.9. The minimum absolute atomic E-state index is 0.0735. The maximum absolute atomic E-state index is 12.1. The first kappa shape index (κ1) is 9.69. The third kappa shape index (κ3) is 0.877. The summed E-state index contributed by atoms with van der Waals surface area (Å²) in [5.41, 5.74) is -0.965. The van der Waals surface area contributed by atoms with Crippen LogP contribution in [0, 0.1) is 16.7 Å². The van der Waals surface area contributed by atoms with E-state index in [1.165, 1.54) is 0 Å². The van der Waals surface area contributed by atoms with Crippen LogP contribution < -0.4 is 5.32 Å². The van der Waals surface area contributed by atoms with E-state index < -0.39 is 5.41 Å². The number of nitrogens with one attached hydrogen (secondary N) is 1. The normalized spacial score (nSPS) is 38.8. The lowest BCUT2D eigenvalue weighted by Gasteiger charge is -2.32. The molecule has 2 rings (SSSR count). The molecular formula is C11H17NO2. The highest BCUT2D eigenvalue weighted by molar-refractivity contribution is 6.10. The van der Waals surface area contributed by atoms with Gasteiger partial charge in [-0.3, -0.25) is 9.59 Å². The van der Waals surface area contributed by atoms with E-state index in [-0.39, 0.29) is 17.1 Å². The van der Waals surface area contributed by atoms with Gasteiger partial charge in [0.2, 0.25) is 5.91 Å². The number of hydrogen-bond donors (Lipinski definition) is 1. The summed E-state index contributed by atoms with van der Waals surface area (Å²) in [6, 6.07) is 0. The van der Waals surface area contributed by atoms with Gasteiger partial charge in [-0.25, -0.2) is 0 Å². The lowest BCUT2D eigenvalue weighted by Crippen LogP contribution is -2.46. The molecule has 0 aromatic heterocycles. The van der Waals surface area contributed by atoms with Crippen molar-refractivity contribution in [3.63, 3.8) is 0 Å². The number of amides is 1. The Morgan fingerprint density at radius 1 is 1.50 bits per heavy atom. The fourth-order valence-electron chi connectivity index (χ4n) is 3.22. The molecule has 0 aromatic rings. The Bertz CT molecular complexity index is 308. The molecule has 2 bridgehead atoms. The zero-order chi connectivity index (χ0) is 10.6. The van der Waals surface area contributed by atoms with Crippen LogP contribution in [0.25, 0.3) is 0 Å². The Labute approximate surface area is 84.2 Å². The van der Waals surface area contributed by atoms with Crippen molar-refractivity contribution < 1.29 is 9.59 Å². The Morgan fingerprint density at radius 2 is 2.14 bits per heavy atom. The van der Waals surface area contributed by atoms with Gasteiger partial charge in [-0.05, 0) is 25.2 Å². The van der Waals surface area contributed by atoms with Crippen LogP contribution in [0.5, 0.6) is 0 Å². The molecule has 2 saturated carbocycles. The molecule has 14 heavy (non-hydrogen) atoms. The number of ketones is 1. The number of carbonyl (C=O) groups is 2. The summed E-state index contributed by atoms with van der Waals surface area (Å²) < 4.78 is 0. The van der Waals surface area contributed by atoms with Gasteiger partial charge in [-0.2, -0.15) is 0 Å². The van der Waals surface area contributed by atoms with Crippen LogP contribution in [-0.2, 0) is 9.59 Å². The predicted molar refractivity (Wildman–Crippen MR) is 52.6 cm³/mol. The van der Waals surface area contributed by atoms with Crippen LogP contribution in [0.4, 0.5) is 0 Å². The summed E-state index contributed by atoms with van der Waals surface area (Å²) in [6.07, 6.45) is 2.53. The van der Waals surface area contributed by atoms with E-state index in [9.17, 15) is 9.59 Å². The molecule has 2 fully saturated rings. The average molecular weight is 195 g/mol. The van der Waals surface area contributed by atoms with Crippen LogP contribution in [0.1, 0.15) is 33.1 Å². The molecule has 0 saturated heterocycles. The lowest BCUT2D eigenvalue weighted by molar-refractivity contribution is -0.144. The SMILES string of the molecule is CNC(=O)[C@@]12CC[C@@H](C1)C(C)(C)C2=O. The van der Waals surface area contributed by atoms with Gasteiger partial charge in [0.15, 0.2) is 5.78 Å². The number of rotatable bonds is 1. The highest BCUT2D eigenvalue weighted by Gasteiger charge is 2.64. The van der Waals surface area contributed by atoms with E-state index in [0.717, 1.165) is 19.3 Å². The first-order chi connectivity index (χ1) is 6.45. The first-order valence-electron chi connectivity index (χ1n) is 5.22. The predicted octanol–water partition coefficient (Wildman–Crippen LogP) is 1.13. The molecule has 2 aliphatic carbocycles. The highest BCUT2D eigenvalue weighted by atomic mass is 16.2. The molecule has 3 heteroatoms. The standard InChI is InChI=1S/C11H17NO2/c1-10(2)7-4-5-11(6-7,8(10)13)9(14)12-3/h7H,4-6H2,1-3H3,(H,12,14)/t7-,11-/m0/s1. The Kier molecular flexibility index (Phi) is 1.79. The van der Waals surface area contributed by atoms with E-state index in [1.807, 2.05) is 13.8 Å². The molecule has 1 N–H and O–H groups in total. The van der Waals surface area contributed by atoms with Gasteiger partial charge in [-0.15, -0.1) is 0 Å². The van der Waals surface area contributed by atoms with Crippen LogP contribution in [0.15, 0.2) is 0 Å². The van der Waals surface area contributed by atoms with Crippen molar-refractivity contribution >= 4 is 11.7 Å². The number of Topliss-reactive ketones (excluding diaryl/α,β-unsaturated/α-hetero) is 1. The second-order valence-electron chi connectivity index (χ2n) is 5.15. The van der Waals surface area contributed by atoms with Crippen LogP contribution in [0.2, 0.25) is 0 Å². The summed E-state index contributed by atoms with van der Waals surface area (Å²) in [5.74, 6) is 0.489. The van der Waals surface area contributed by atoms with Gasteiger partial charge < -0.3 is 5.32 Å². The molecule has 1 amide bonds. The van der Waals surface area contributed by atoms with E-state index >= 15 is 0 Å². The van der Waals surface area contributed by atoms with Crippen LogP contribution in [-0.4, -0.2) is 18.7 Å². The van der Waals surface area contributed by atoms with Gasteiger partial charge in [-0.1, -0.05) is 13.8 Å². The topological polar surface area (TPSA) is 46.2 Å². The Morgan fingerprint density at radius 3 is 2.57 bits per heavy atom. The number of carbonyl (C=O) groups excluding carboxylic acids is 2. The number of fused-ring (bicyclic) bond motifs is 2. The smallest absolute Gasteiger partial charge is 0.233 e. The first-order valence-corrected chi connectivity index (χ1v) is 5.22. The van der Waals surface area contributed by atoms with Crippen molar-refractivity contribution in [1.82, 2.24) is 5.32 Å². The third-order valence-electron chi connectivity index (χ3n) is 4.22. The van der Waals surface area contributed by atoms with E-state index in [4.69, 9.17) is 0 Å². The summed E-state index contributed by atoms with van der Waals surface area (Å²) >= 11 is 0. The lowest BCUT2D eigenvalue weighted by atomic mass is 9.70. The second-order valence-corrected chi connectivity index (χ2v) is 5.15. The largest absolute Gasteiger partial charge is 0.358 e. The van der Waals surface area contributed by atoms with Crippen molar-refractivity contribution in [2.75, 3.05) is 7.05 Å². The van der Waals surface area contributed by atoms with Crippen molar-refractivity contribution in [3.05, 3.63) is 0 Å². The molecular weight excluding hydrogens is 178 g/mol. The Hall–Kier alpha value is -0.860. The monoisotopic (exact) mass is 195 g/mol. The second kappa shape index (κ2) is 2.59. The van der Waals surface area contributed by atoms with E-state index in [2.05, 4.69) is 5.32 Å². The Balaban J connectivity index is 2.40. The van der Waals surface area contributed by atoms with Crippen LogP contribution >= 0.6 is 0 Å². The molecule has 0 aromatic carbocycles.